The van der Waals surface area contributed by atoms with Crippen molar-refractivity contribution in [3.05, 3.63) is 52.8 Å². The largest absolute Gasteiger partial charge is 0.507 e. The van der Waals surface area contributed by atoms with Crippen LogP contribution in [0.15, 0.2) is 34.9 Å². The van der Waals surface area contributed by atoms with E-state index in [1.807, 2.05) is 32.9 Å². The van der Waals surface area contributed by atoms with Gasteiger partial charge in [0.05, 0.1) is 6.26 Å². The molecule has 0 radical (unpaired) electrons. The topological polar surface area (TPSA) is 33.4 Å². The van der Waals surface area contributed by atoms with Gasteiger partial charge in [0, 0.05) is 16.5 Å². The van der Waals surface area contributed by atoms with Crippen LogP contribution in [0.25, 0.3) is 22.1 Å². The van der Waals surface area contributed by atoms with E-state index < -0.39 is 0 Å². The smallest absolute Gasteiger partial charge is 0.137 e. The number of hydrogen-bond donors (Lipinski definition) is 1. The third-order valence-corrected chi connectivity index (χ3v) is 3.74. The first kappa shape index (κ1) is 12.8. The Hall–Kier alpha value is -2.22. The molecule has 20 heavy (non-hydrogen) atoms. The molecule has 0 fully saturated rings. The van der Waals surface area contributed by atoms with Crippen LogP contribution in [0.3, 0.4) is 0 Å². The van der Waals surface area contributed by atoms with Gasteiger partial charge in [-0.25, -0.2) is 0 Å². The number of phenols is 1. The van der Waals surface area contributed by atoms with E-state index in [9.17, 15) is 5.11 Å². The zero-order chi connectivity index (χ0) is 14.4. The van der Waals surface area contributed by atoms with E-state index in [4.69, 9.17) is 4.42 Å². The number of phenolic OH excluding ortho intramolecular Hbond substituents is 1. The molecule has 1 heterocycles. The predicted octanol–water partition coefficient (Wildman–Crippen LogP) is 5.04. The van der Waals surface area contributed by atoms with Gasteiger partial charge in [0.2, 0.25) is 0 Å². The van der Waals surface area contributed by atoms with Crippen molar-refractivity contribution in [1.29, 1.82) is 0 Å². The zero-order valence-electron chi connectivity index (χ0n) is 12.2. The molecule has 1 N–H and O–H groups in total. The number of aryl methyl sites for hydroxylation is 4. The summed E-state index contributed by atoms with van der Waals surface area (Å²) in [6, 6.07) is 8.21. The van der Waals surface area contributed by atoms with Crippen LogP contribution < -0.4 is 0 Å². The molecule has 0 saturated carbocycles. The summed E-state index contributed by atoms with van der Waals surface area (Å²) < 4.78 is 5.71. The summed E-state index contributed by atoms with van der Waals surface area (Å²) in [5.74, 6) is 0.331. The number of fused-ring (bicyclic) bond motifs is 1. The molecule has 0 amide bonds. The second-order valence-corrected chi connectivity index (χ2v) is 5.59. The summed E-state index contributed by atoms with van der Waals surface area (Å²) in [7, 11) is 0. The lowest BCUT2D eigenvalue weighted by Gasteiger charge is -2.08. The number of hydrogen-bond acceptors (Lipinski definition) is 2. The Labute approximate surface area is 118 Å². The molecule has 0 atom stereocenters. The van der Waals surface area contributed by atoms with Gasteiger partial charge in [-0.1, -0.05) is 12.1 Å². The number of benzene rings is 2. The van der Waals surface area contributed by atoms with Crippen molar-refractivity contribution in [2.75, 3.05) is 0 Å². The van der Waals surface area contributed by atoms with Crippen molar-refractivity contribution in [3.8, 4) is 16.9 Å². The number of rotatable bonds is 1. The molecule has 0 aliphatic heterocycles. The van der Waals surface area contributed by atoms with E-state index in [2.05, 4.69) is 19.1 Å². The SMILES string of the molecule is Cc1cc(C)c(O)c(-c2coc3c(C)cc(C)cc23)c1. The standard InChI is InChI=1S/C18H18O2/c1-10-5-12(3)17(19)14(7-10)16-9-20-18-13(4)6-11(2)8-15(16)18/h5-9,19H,1-4H3. The minimum atomic E-state index is 0.331. The molecular formula is C18H18O2. The maximum Gasteiger partial charge on any atom is 0.137 e. The second kappa shape index (κ2) is 4.41. The highest BCUT2D eigenvalue weighted by Crippen LogP contribution is 2.39. The van der Waals surface area contributed by atoms with Crippen molar-refractivity contribution < 1.29 is 9.52 Å². The Bertz CT molecular complexity index is 810. The van der Waals surface area contributed by atoms with Crippen LogP contribution >= 0.6 is 0 Å². The van der Waals surface area contributed by atoms with Gasteiger partial charge in [-0.3, -0.25) is 0 Å². The fourth-order valence-electron chi connectivity index (χ4n) is 2.87. The number of aromatic hydroxyl groups is 1. The summed E-state index contributed by atoms with van der Waals surface area (Å²) >= 11 is 0. The fraction of sp³-hybridized carbons (Fsp3) is 0.222. The monoisotopic (exact) mass is 266 g/mol. The maximum atomic E-state index is 10.4. The Morgan fingerprint density at radius 1 is 0.800 bits per heavy atom. The summed E-state index contributed by atoms with van der Waals surface area (Å²) in [4.78, 5) is 0. The first-order chi connectivity index (χ1) is 9.47. The molecule has 3 aromatic rings. The summed E-state index contributed by atoms with van der Waals surface area (Å²) in [5.41, 5.74) is 7.02. The van der Waals surface area contributed by atoms with E-state index >= 15 is 0 Å². The van der Waals surface area contributed by atoms with Crippen LogP contribution in [0, 0.1) is 27.7 Å². The zero-order valence-corrected chi connectivity index (χ0v) is 12.2. The van der Waals surface area contributed by atoms with Gasteiger partial charge in [-0.05, 0) is 62.1 Å². The Morgan fingerprint density at radius 3 is 2.20 bits per heavy atom. The lowest BCUT2D eigenvalue weighted by atomic mass is 9.97. The van der Waals surface area contributed by atoms with Gasteiger partial charge in [-0.2, -0.15) is 0 Å². The first-order valence-electron chi connectivity index (χ1n) is 6.76. The molecule has 0 spiro atoms. The summed E-state index contributed by atoms with van der Waals surface area (Å²) in [5, 5.41) is 11.4. The maximum absolute atomic E-state index is 10.4. The normalized spacial score (nSPS) is 11.2. The Kier molecular flexibility index (Phi) is 2.82. The van der Waals surface area contributed by atoms with Gasteiger partial charge >= 0.3 is 0 Å². The van der Waals surface area contributed by atoms with E-state index in [-0.39, 0.29) is 0 Å². The van der Waals surface area contributed by atoms with Gasteiger partial charge in [0.1, 0.15) is 11.3 Å². The Morgan fingerprint density at radius 2 is 1.45 bits per heavy atom. The van der Waals surface area contributed by atoms with Crippen LogP contribution in [0.4, 0.5) is 0 Å². The molecule has 102 valence electrons. The second-order valence-electron chi connectivity index (χ2n) is 5.59. The minimum absolute atomic E-state index is 0.331. The van der Waals surface area contributed by atoms with E-state index in [0.29, 0.717) is 5.75 Å². The minimum Gasteiger partial charge on any atom is -0.507 e. The highest BCUT2D eigenvalue weighted by atomic mass is 16.3. The molecule has 2 aromatic carbocycles. The van der Waals surface area contributed by atoms with Crippen LogP contribution in [-0.2, 0) is 0 Å². The van der Waals surface area contributed by atoms with Crippen molar-refractivity contribution in [2.24, 2.45) is 0 Å². The summed E-state index contributed by atoms with van der Waals surface area (Å²) in [6.45, 7) is 8.08. The first-order valence-corrected chi connectivity index (χ1v) is 6.76. The van der Waals surface area contributed by atoms with Crippen LogP contribution in [-0.4, -0.2) is 5.11 Å². The molecular weight excluding hydrogens is 248 g/mol. The van der Waals surface area contributed by atoms with Crippen molar-refractivity contribution in [2.45, 2.75) is 27.7 Å². The molecule has 0 unspecified atom stereocenters. The van der Waals surface area contributed by atoms with Gasteiger partial charge in [-0.15, -0.1) is 0 Å². The fourth-order valence-corrected chi connectivity index (χ4v) is 2.87. The van der Waals surface area contributed by atoms with Crippen molar-refractivity contribution in [1.82, 2.24) is 0 Å². The molecule has 0 saturated heterocycles. The molecule has 0 aliphatic carbocycles. The molecule has 2 heteroatoms. The summed E-state index contributed by atoms with van der Waals surface area (Å²) in [6.07, 6.45) is 1.74. The lowest BCUT2D eigenvalue weighted by Crippen LogP contribution is -1.85. The molecule has 1 aromatic heterocycles. The highest BCUT2D eigenvalue weighted by Gasteiger charge is 2.15. The molecule has 3 rings (SSSR count). The highest BCUT2D eigenvalue weighted by molar-refractivity contribution is 5.97. The third-order valence-electron chi connectivity index (χ3n) is 3.74. The van der Waals surface area contributed by atoms with Crippen LogP contribution in [0.1, 0.15) is 22.3 Å². The van der Waals surface area contributed by atoms with Crippen LogP contribution in [0.2, 0.25) is 0 Å². The van der Waals surface area contributed by atoms with E-state index in [1.165, 1.54) is 5.56 Å². The van der Waals surface area contributed by atoms with Gasteiger partial charge in [0.25, 0.3) is 0 Å². The van der Waals surface area contributed by atoms with Gasteiger partial charge < -0.3 is 9.52 Å². The van der Waals surface area contributed by atoms with E-state index in [1.54, 1.807) is 6.26 Å². The van der Waals surface area contributed by atoms with Gasteiger partial charge in [0.15, 0.2) is 0 Å². The van der Waals surface area contributed by atoms with Crippen molar-refractivity contribution in [3.63, 3.8) is 0 Å². The molecule has 0 aliphatic rings. The Balaban J connectivity index is 2.36. The average molecular weight is 266 g/mol. The quantitative estimate of drug-likeness (QED) is 0.669. The van der Waals surface area contributed by atoms with Crippen molar-refractivity contribution >= 4 is 11.0 Å². The molecule has 2 nitrogen and oxygen atoms in total. The van der Waals surface area contributed by atoms with E-state index in [0.717, 1.165) is 38.8 Å². The third kappa shape index (κ3) is 1.88. The molecule has 0 bridgehead atoms. The number of furan rings is 1. The average Bonchev–Trinajstić information content (AvgIpc) is 2.77. The lowest BCUT2D eigenvalue weighted by molar-refractivity contribution is 0.473. The predicted molar refractivity (Wildman–Crippen MR) is 82.3 cm³/mol. The van der Waals surface area contributed by atoms with Crippen LogP contribution in [0.5, 0.6) is 5.75 Å².